The number of carbonyl (C=O) groups excluding carboxylic acids is 2. The molecule has 260 valence electrons. The van der Waals surface area contributed by atoms with Gasteiger partial charge in [-0.05, 0) is 54.4 Å². The zero-order chi connectivity index (χ0) is 35.6. The number of ether oxygens (including phenoxy) is 4. The zero-order valence-corrected chi connectivity index (χ0v) is 30.4. The van der Waals surface area contributed by atoms with Crippen LogP contribution in [0.5, 0.6) is 23.0 Å². The topological polar surface area (TPSA) is 124 Å². The number of hydrogen-bond acceptors (Lipinski definition) is 8. The Hall–Kier alpha value is -4.75. The van der Waals surface area contributed by atoms with Crippen LogP contribution in [0, 0.1) is 0 Å². The van der Waals surface area contributed by atoms with E-state index >= 15 is 0 Å². The number of carbonyl (C=O) groups is 2. The van der Waals surface area contributed by atoms with E-state index in [0.717, 1.165) is 19.9 Å². The highest BCUT2D eigenvalue weighted by Gasteiger charge is 2.36. The molecule has 1 N–H and O–H groups in total. The molecule has 0 aliphatic carbocycles. The summed E-state index contributed by atoms with van der Waals surface area (Å²) in [6.45, 7) is 1.47. The Morgan fingerprint density at radius 3 is 2.08 bits per heavy atom. The van der Waals surface area contributed by atoms with Crippen molar-refractivity contribution in [3.63, 3.8) is 0 Å². The van der Waals surface area contributed by atoms with Crippen molar-refractivity contribution in [2.45, 2.75) is 30.8 Å². The lowest BCUT2D eigenvalue weighted by atomic mass is 10.0. The molecule has 0 aliphatic heterocycles. The van der Waals surface area contributed by atoms with Crippen LogP contribution in [0.4, 0.5) is 5.69 Å². The van der Waals surface area contributed by atoms with Gasteiger partial charge in [-0.25, -0.2) is 8.42 Å². The van der Waals surface area contributed by atoms with E-state index in [4.69, 9.17) is 18.9 Å². The molecule has 0 aliphatic rings. The summed E-state index contributed by atoms with van der Waals surface area (Å²) in [5.41, 5.74) is 1.62. The van der Waals surface area contributed by atoms with Gasteiger partial charge in [0.25, 0.3) is 10.0 Å². The molecule has 0 fully saturated rings. The molecule has 0 heterocycles. The number of amides is 2. The molecular weight excluding hydrogens is 714 g/mol. The number of benzene rings is 4. The van der Waals surface area contributed by atoms with Crippen LogP contribution in [-0.2, 0) is 32.6 Å². The van der Waals surface area contributed by atoms with Gasteiger partial charge in [0.2, 0.25) is 11.8 Å². The highest BCUT2D eigenvalue weighted by molar-refractivity contribution is 9.10. The van der Waals surface area contributed by atoms with Crippen LogP contribution >= 0.6 is 15.9 Å². The maximum Gasteiger partial charge on any atom is 0.265 e. The van der Waals surface area contributed by atoms with Crippen molar-refractivity contribution in [3.8, 4) is 23.0 Å². The number of halogens is 1. The number of rotatable bonds is 16. The Morgan fingerprint density at radius 2 is 1.45 bits per heavy atom. The van der Waals surface area contributed by atoms with Crippen molar-refractivity contribution in [1.82, 2.24) is 10.2 Å². The number of methoxy groups -OCH3 is 4. The first kappa shape index (κ1) is 37.1. The summed E-state index contributed by atoms with van der Waals surface area (Å²) in [4.78, 5) is 29.7. The van der Waals surface area contributed by atoms with Gasteiger partial charge in [0.05, 0.1) is 39.0 Å². The van der Waals surface area contributed by atoms with Gasteiger partial charge >= 0.3 is 0 Å². The van der Waals surface area contributed by atoms with E-state index in [-0.39, 0.29) is 41.0 Å². The molecule has 1 unspecified atom stereocenters. The summed E-state index contributed by atoms with van der Waals surface area (Å²) in [6.07, 6.45) is 0.192. The van der Waals surface area contributed by atoms with E-state index in [9.17, 15) is 18.0 Å². The monoisotopic (exact) mass is 753 g/mol. The highest BCUT2D eigenvalue weighted by atomic mass is 79.9. The van der Waals surface area contributed by atoms with Crippen LogP contribution < -0.4 is 28.6 Å². The Labute approximate surface area is 295 Å². The van der Waals surface area contributed by atoms with E-state index in [2.05, 4.69) is 21.2 Å². The van der Waals surface area contributed by atoms with Crippen molar-refractivity contribution in [2.75, 3.05) is 45.8 Å². The van der Waals surface area contributed by atoms with Gasteiger partial charge in [-0.3, -0.25) is 13.9 Å². The molecule has 0 radical (unpaired) electrons. The molecule has 4 aromatic carbocycles. The largest absolute Gasteiger partial charge is 0.497 e. The summed E-state index contributed by atoms with van der Waals surface area (Å²) in [7, 11) is 1.20. The second-order valence-electron chi connectivity index (χ2n) is 10.8. The van der Waals surface area contributed by atoms with Gasteiger partial charge in [0, 0.05) is 36.1 Å². The lowest BCUT2D eigenvalue weighted by molar-refractivity contribution is -0.140. The zero-order valence-electron chi connectivity index (χ0n) is 28.0. The fourth-order valence-corrected chi connectivity index (χ4v) is 7.17. The number of nitrogens with one attached hydrogen (secondary N) is 1. The number of hydrogen-bond donors (Lipinski definition) is 1. The van der Waals surface area contributed by atoms with Crippen LogP contribution in [0.1, 0.15) is 18.1 Å². The van der Waals surface area contributed by atoms with Crippen LogP contribution in [-0.4, -0.2) is 72.7 Å². The van der Waals surface area contributed by atoms with Gasteiger partial charge in [-0.2, -0.15) is 0 Å². The number of anilines is 1. The van der Waals surface area contributed by atoms with Crippen LogP contribution in [0.3, 0.4) is 0 Å². The summed E-state index contributed by atoms with van der Waals surface area (Å²) < 4.78 is 52.7. The molecule has 2 amide bonds. The van der Waals surface area contributed by atoms with Gasteiger partial charge in [0.15, 0.2) is 11.5 Å². The summed E-state index contributed by atoms with van der Waals surface area (Å²) in [5.74, 6) is 0.0349. The van der Waals surface area contributed by atoms with E-state index in [1.807, 2.05) is 54.6 Å². The smallest absolute Gasteiger partial charge is 0.265 e. The lowest BCUT2D eigenvalue weighted by Gasteiger charge is -2.34. The predicted molar refractivity (Wildman–Crippen MR) is 191 cm³/mol. The maximum atomic E-state index is 14.7. The van der Waals surface area contributed by atoms with Gasteiger partial charge < -0.3 is 29.2 Å². The quantitative estimate of drug-likeness (QED) is 0.160. The maximum absolute atomic E-state index is 14.7. The minimum atomic E-state index is -4.49. The second kappa shape index (κ2) is 17.1. The molecule has 0 bridgehead atoms. The van der Waals surface area contributed by atoms with E-state index in [1.54, 1.807) is 19.1 Å². The van der Waals surface area contributed by atoms with Crippen LogP contribution in [0.15, 0.2) is 100 Å². The molecule has 1 atom stereocenters. The van der Waals surface area contributed by atoms with Gasteiger partial charge in [-0.15, -0.1) is 0 Å². The standard InChI is InChI=1S/C36H40BrN3O8S/c1-6-38-36(42)31(20-25-11-8-7-9-12-25)39(23-26-13-10-14-27(37)19-26)35(41)24-40(30-21-28(45-2)15-17-32(30)46-3)49(43,44)29-16-18-33(47-4)34(22-29)48-5/h7-19,21-22,31H,6,20,23-24H2,1-5H3,(H,38,42). The van der Waals surface area contributed by atoms with Gasteiger partial charge in [-0.1, -0.05) is 58.4 Å². The van der Waals surface area contributed by atoms with Crippen molar-refractivity contribution < 1.29 is 37.0 Å². The van der Waals surface area contributed by atoms with Crippen molar-refractivity contribution >= 4 is 43.5 Å². The fourth-order valence-electron chi connectivity index (χ4n) is 5.29. The fraction of sp³-hybridized carbons (Fsp3) is 0.278. The van der Waals surface area contributed by atoms with Crippen LogP contribution in [0.25, 0.3) is 0 Å². The Morgan fingerprint density at radius 1 is 0.776 bits per heavy atom. The van der Waals surface area contributed by atoms with E-state index in [1.165, 1.54) is 57.6 Å². The number of likely N-dealkylation sites (N-methyl/N-ethyl adjacent to an activating group) is 1. The molecule has 0 saturated heterocycles. The van der Waals surface area contributed by atoms with Gasteiger partial charge in [0.1, 0.15) is 24.1 Å². The van der Waals surface area contributed by atoms with E-state index < -0.39 is 28.5 Å². The molecular formula is C36H40BrN3O8S. The number of sulfonamides is 1. The minimum absolute atomic E-state index is 0.0202. The third-order valence-corrected chi connectivity index (χ3v) is 9.99. The SMILES string of the molecule is CCNC(=O)C(Cc1ccccc1)N(Cc1cccc(Br)c1)C(=O)CN(c1cc(OC)ccc1OC)S(=O)(=O)c1ccc(OC)c(OC)c1. The first-order valence-corrected chi connectivity index (χ1v) is 17.6. The third kappa shape index (κ3) is 9.04. The first-order valence-electron chi connectivity index (χ1n) is 15.4. The highest BCUT2D eigenvalue weighted by Crippen LogP contribution is 2.38. The average molecular weight is 755 g/mol. The lowest BCUT2D eigenvalue weighted by Crippen LogP contribution is -2.53. The third-order valence-electron chi connectivity index (χ3n) is 7.74. The van der Waals surface area contributed by atoms with Crippen LogP contribution in [0.2, 0.25) is 0 Å². The summed E-state index contributed by atoms with van der Waals surface area (Å²) in [5, 5.41) is 2.86. The molecule has 4 rings (SSSR count). The molecule has 0 aromatic heterocycles. The molecule has 4 aromatic rings. The van der Waals surface area contributed by atoms with Crippen molar-refractivity contribution in [2.24, 2.45) is 0 Å². The Kier molecular flexibility index (Phi) is 12.9. The molecule has 13 heteroatoms. The molecule has 49 heavy (non-hydrogen) atoms. The summed E-state index contributed by atoms with van der Waals surface area (Å²) in [6, 6.07) is 24.6. The predicted octanol–water partition coefficient (Wildman–Crippen LogP) is 5.46. The Balaban J connectivity index is 1.89. The Bertz CT molecular complexity index is 1860. The van der Waals surface area contributed by atoms with Crippen molar-refractivity contribution in [1.29, 1.82) is 0 Å². The first-order chi connectivity index (χ1) is 23.6. The van der Waals surface area contributed by atoms with E-state index in [0.29, 0.717) is 18.0 Å². The average Bonchev–Trinajstić information content (AvgIpc) is 3.11. The molecule has 0 spiro atoms. The second-order valence-corrected chi connectivity index (χ2v) is 13.6. The normalized spacial score (nSPS) is 11.6. The number of nitrogens with zero attached hydrogens (tertiary/aromatic N) is 2. The van der Waals surface area contributed by atoms with Crippen molar-refractivity contribution in [3.05, 3.63) is 107 Å². The summed E-state index contributed by atoms with van der Waals surface area (Å²) >= 11 is 3.49. The molecule has 11 nitrogen and oxygen atoms in total. The molecule has 0 saturated carbocycles. The minimum Gasteiger partial charge on any atom is -0.497 e.